The zero-order chi connectivity index (χ0) is 22.2. The van der Waals surface area contributed by atoms with Gasteiger partial charge in [-0.3, -0.25) is 0 Å². The van der Waals surface area contributed by atoms with Gasteiger partial charge in [-0.05, 0) is 59.2 Å². The fourth-order valence-corrected chi connectivity index (χ4v) is 1.88. The topological polar surface area (TPSA) is 150 Å². The van der Waals surface area contributed by atoms with Gasteiger partial charge in [-0.1, -0.05) is 29.1 Å². The predicted octanol–water partition coefficient (Wildman–Crippen LogP) is 2.48. The van der Waals surface area contributed by atoms with Crippen molar-refractivity contribution in [1.29, 1.82) is 0 Å². The molecular formula is C17H35N7O4. The molecule has 11 heteroatoms. The molecule has 0 saturated heterocycles. The van der Waals surface area contributed by atoms with Gasteiger partial charge < -0.3 is 31.2 Å². The van der Waals surface area contributed by atoms with Crippen molar-refractivity contribution >= 4 is 17.4 Å². The van der Waals surface area contributed by atoms with Crippen LogP contribution in [0.4, 0.5) is 5.95 Å². The molecule has 1 aromatic rings. The lowest BCUT2D eigenvalue weighted by Gasteiger charge is -2.26. The van der Waals surface area contributed by atoms with Gasteiger partial charge >= 0.3 is 5.95 Å². The molecule has 1 aromatic heterocycles. The first-order chi connectivity index (χ1) is 13.2. The van der Waals surface area contributed by atoms with E-state index in [-0.39, 0.29) is 12.5 Å². The van der Waals surface area contributed by atoms with E-state index in [0.29, 0.717) is 11.4 Å². The molecule has 0 amide bonds. The second-order valence-electron chi connectivity index (χ2n) is 6.22. The lowest BCUT2D eigenvalue weighted by Crippen LogP contribution is -2.49. The van der Waals surface area contributed by atoms with Crippen LogP contribution in [0.3, 0.4) is 0 Å². The third-order valence-electron chi connectivity index (χ3n) is 3.39. The van der Waals surface area contributed by atoms with Gasteiger partial charge in [0.1, 0.15) is 24.7 Å². The first-order valence-electron chi connectivity index (χ1n) is 9.11. The van der Waals surface area contributed by atoms with Gasteiger partial charge in [0, 0.05) is 0 Å². The van der Waals surface area contributed by atoms with E-state index in [1.807, 2.05) is 34.7 Å². The number of hydrogen-bond donors (Lipinski definition) is 4. The fraction of sp³-hybridized carbons (Fsp3) is 0.706. The lowest BCUT2D eigenvalue weighted by atomic mass is 9.98. The second kappa shape index (κ2) is 15.5. The SMILES string of the molecule is CC.CC(C)=NO.CNCCCNC(C)(C)/C(Cn1ccnc1[N+](=O)[O-])=N/O. The monoisotopic (exact) mass is 401 g/mol. The number of imidazole rings is 1. The molecule has 0 aliphatic rings. The Bertz CT molecular complexity index is 608. The van der Waals surface area contributed by atoms with E-state index in [4.69, 9.17) is 5.21 Å². The van der Waals surface area contributed by atoms with Crippen LogP contribution in [0.25, 0.3) is 0 Å². The van der Waals surface area contributed by atoms with Crippen LogP contribution in [0, 0.1) is 10.1 Å². The summed E-state index contributed by atoms with van der Waals surface area (Å²) in [7, 11) is 1.88. The Balaban J connectivity index is 0. The molecule has 0 atom stereocenters. The van der Waals surface area contributed by atoms with E-state index in [2.05, 4.69) is 25.9 Å². The minimum atomic E-state index is -0.583. The van der Waals surface area contributed by atoms with Gasteiger partial charge in [0.25, 0.3) is 0 Å². The van der Waals surface area contributed by atoms with Crippen molar-refractivity contribution < 1.29 is 15.3 Å². The second-order valence-corrected chi connectivity index (χ2v) is 6.22. The zero-order valence-corrected chi connectivity index (χ0v) is 17.9. The summed E-state index contributed by atoms with van der Waals surface area (Å²) in [6, 6.07) is 0. The molecule has 0 aliphatic heterocycles. The van der Waals surface area contributed by atoms with Crippen LogP contribution in [0.15, 0.2) is 22.7 Å². The molecule has 4 N–H and O–H groups in total. The summed E-state index contributed by atoms with van der Waals surface area (Å²) in [6.45, 7) is 12.9. The first kappa shape index (κ1) is 27.7. The molecule has 1 heterocycles. The predicted molar refractivity (Wildman–Crippen MR) is 111 cm³/mol. The van der Waals surface area contributed by atoms with Crippen molar-refractivity contribution in [2.45, 2.75) is 60.0 Å². The first-order valence-corrected chi connectivity index (χ1v) is 9.11. The Kier molecular flexibility index (Phi) is 15.3. The standard InChI is InChI=1S/C12H22N6O3.C3H7NO.C2H6/c1-12(2,15-6-4-5-13-3)10(16-19)9-17-8-7-14-11(17)18(20)21;1-3(2)4-5;1-2/h7-8,13,15,19H,4-6,9H2,1-3H3;5H,1-2H3;1-2H3/b16-10+;;. The van der Waals surface area contributed by atoms with E-state index < -0.39 is 10.5 Å². The third kappa shape index (κ3) is 11.2. The molecule has 0 radical (unpaired) electrons. The van der Waals surface area contributed by atoms with E-state index in [9.17, 15) is 15.3 Å². The average Bonchev–Trinajstić information content (AvgIpc) is 3.14. The Morgan fingerprint density at radius 2 is 1.86 bits per heavy atom. The third-order valence-corrected chi connectivity index (χ3v) is 3.39. The molecule has 0 aromatic carbocycles. The minimum Gasteiger partial charge on any atom is -0.411 e. The van der Waals surface area contributed by atoms with Gasteiger partial charge in [-0.2, -0.15) is 0 Å². The lowest BCUT2D eigenvalue weighted by molar-refractivity contribution is -0.396. The molecular weight excluding hydrogens is 366 g/mol. The highest BCUT2D eigenvalue weighted by Gasteiger charge is 2.28. The Hall–Kier alpha value is -2.53. The van der Waals surface area contributed by atoms with Gasteiger partial charge in [-0.15, -0.1) is 0 Å². The number of rotatable bonds is 9. The van der Waals surface area contributed by atoms with Gasteiger partial charge in [0.05, 0.1) is 11.3 Å². The maximum Gasteiger partial charge on any atom is 0.434 e. The van der Waals surface area contributed by atoms with Gasteiger partial charge in [-0.25, -0.2) is 4.57 Å². The Labute approximate surface area is 166 Å². The molecule has 162 valence electrons. The Morgan fingerprint density at radius 1 is 1.29 bits per heavy atom. The highest BCUT2D eigenvalue weighted by molar-refractivity contribution is 5.92. The van der Waals surface area contributed by atoms with Crippen molar-refractivity contribution in [3.05, 3.63) is 22.5 Å². The highest BCUT2D eigenvalue weighted by Crippen LogP contribution is 2.13. The highest BCUT2D eigenvalue weighted by atomic mass is 16.6. The van der Waals surface area contributed by atoms with E-state index >= 15 is 0 Å². The number of nitrogens with zero attached hydrogens (tertiary/aromatic N) is 5. The van der Waals surface area contributed by atoms with Crippen LogP contribution in [-0.4, -0.2) is 62.0 Å². The van der Waals surface area contributed by atoms with E-state index in [1.54, 1.807) is 13.8 Å². The molecule has 0 unspecified atom stereocenters. The van der Waals surface area contributed by atoms with Crippen molar-refractivity contribution in [3.8, 4) is 0 Å². The summed E-state index contributed by atoms with van der Waals surface area (Å²) < 4.78 is 1.34. The molecule has 0 fully saturated rings. The number of hydrogen-bond acceptors (Lipinski definition) is 9. The smallest absolute Gasteiger partial charge is 0.411 e. The molecule has 0 spiro atoms. The Morgan fingerprint density at radius 3 is 2.29 bits per heavy atom. The molecule has 0 saturated carbocycles. The van der Waals surface area contributed by atoms with Crippen LogP contribution in [0.5, 0.6) is 0 Å². The molecule has 0 bridgehead atoms. The summed E-state index contributed by atoms with van der Waals surface area (Å²) in [6.07, 6.45) is 3.75. The van der Waals surface area contributed by atoms with Crippen molar-refractivity contribution in [2.24, 2.45) is 10.3 Å². The van der Waals surface area contributed by atoms with E-state index in [1.165, 1.54) is 17.0 Å². The van der Waals surface area contributed by atoms with Crippen LogP contribution >= 0.6 is 0 Å². The summed E-state index contributed by atoms with van der Waals surface area (Å²) in [5.41, 5.74) is 0.499. The quantitative estimate of drug-likeness (QED) is 0.163. The number of aromatic nitrogens is 2. The normalized spacial score (nSPS) is 10.9. The van der Waals surface area contributed by atoms with E-state index in [0.717, 1.165) is 19.5 Å². The summed E-state index contributed by atoms with van der Waals surface area (Å²) >= 11 is 0. The fourth-order valence-electron chi connectivity index (χ4n) is 1.88. The minimum absolute atomic E-state index is 0.0961. The molecule has 11 nitrogen and oxygen atoms in total. The largest absolute Gasteiger partial charge is 0.434 e. The number of nitro groups is 1. The van der Waals surface area contributed by atoms with Crippen molar-refractivity contribution in [1.82, 2.24) is 20.2 Å². The summed E-state index contributed by atoms with van der Waals surface area (Å²) in [4.78, 5) is 13.9. The molecule has 28 heavy (non-hydrogen) atoms. The molecule has 1 rings (SSSR count). The van der Waals surface area contributed by atoms with Crippen LogP contribution in [0.2, 0.25) is 0 Å². The number of nitrogens with one attached hydrogen (secondary N) is 2. The zero-order valence-electron chi connectivity index (χ0n) is 17.9. The number of oxime groups is 2. The van der Waals surface area contributed by atoms with Gasteiger partial charge in [0.2, 0.25) is 0 Å². The maximum atomic E-state index is 10.8. The molecule has 0 aliphatic carbocycles. The van der Waals surface area contributed by atoms with Crippen LogP contribution in [-0.2, 0) is 6.54 Å². The van der Waals surface area contributed by atoms with Gasteiger partial charge in [0.15, 0.2) is 0 Å². The maximum absolute atomic E-state index is 10.8. The van der Waals surface area contributed by atoms with Crippen LogP contribution < -0.4 is 10.6 Å². The van der Waals surface area contributed by atoms with Crippen LogP contribution in [0.1, 0.15) is 48.0 Å². The summed E-state index contributed by atoms with van der Waals surface area (Å²) in [5.74, 6) is -0.276. The van der Waals surface area contributed by atoms with Crippen molar-refractivity contribution in [3.63, 3.8) is 0 Å². The average molecular weight is 402 g/mol. The summed E-state index contributed by atoms with van der Waals surface area (Å²) in [5, 5.41) is 40.2. The van der Waals surface area contributed by atoms with Crippen molar-refractivity contribution in [2.75, 3.05) is 20.1 Å².